The zero-order valence-corrected chi connectivity index (χ0v) is 25.6. The topological polar surface area (TPSA) is 16.4 Å². The minimum atomic E-state index is -0.630. The van der Waals surface area contributed by atoms with Crippen LogP contribution in [0.25, 0.3) is 66.1 Å². The Morgan fingerprint density at radius 1 is 0.438 bits per heavy atom. The Morgan fingerprint density at radius 2 is 1.12 bits per heavy atom. The second-order valence-electron chi connectivity index (χ2n) is 11.4. The van der Waals surface area contributed by atoms with Crippen molar-refractivity contribution >= 4 is 49.8 Å². The fraction of sp³-hybridized carbons (Fsp3) is 0. The molecule has 0 bridgehead atoms. The lowest BCUT2D eigenvalue weighted by atomic mass is 9.96. The number of anilines is 3. The van der Waals surface area contributed by atoms with Gasteiger partial charge in [0, 0.05) is 33.1 Å². The summed E-state index contributed by atoms with van der Waals surface area (Å²) in [6.45, 7) is 0. The van der Waals surface area contributed by atoms with Crippen molar-refractivity contribution in [1.82, 2.24) is 0 Å². The molecule has 0 atom stereocenters. The predicted molar refractivity (Wildman–Crippen MR) is 202 cm³/mol. The minimum Gasteiger partial charge on any atom is -0.455 e. The van der Waals surface area contributed by atoms with E-state index in [0.717, 1.165) is 49.4 Å². The Hall–Kier alpha value is -6.38. The Bertz CT molecular complexity index is 3010. The van der Waals surface area contributed by atoms with Gasteiger partial charge in [-0.3, -0.25) is 0 Å². The molecule has 2 heteroatoms. The van der Waals surface area contributed by atoms with E-state index in [4.69, 9.17) is 11.3 Å². The summed E-state index contributed by atoms with van der Waals surface area (Å²) in [4.78, 5) is 1.70. The highest BCUT2D eigenvalue weighted by atomic mass is 16.3. The van der Waals surface area contributed by atoms with Crippen molar-refractivity contribution in [1.29, 1.82) is 0 Å². The smallest absolute Gasteiger partial charge is 0.143 e. The fourth-order valence-electron chi connectivity index (χ4n) is 6.41. The first-order valence-electron chi connectivity index (χ1n) is 20.1. The molecule has 0 fully saturated rings. The van der Waals surface area contributed by atoms with Crippen LogP contribution in [0.2, 0.25) is 0 Å². The Labute approximate surface area is 292 Å². The molecule has 0 amide bonds. The fourth-order valence-corrected chi connectivity index (χ4v) is 6.41. The molecule has 48 heavy (non-hydrogen) atoms. The van der Waals surface area contributed by atoms with Gasteiger partial charge in [-0.2, -0.15) is 0 Å². The highest BCUT2D eigenvalue weighted by molar-refractivity contribution is 6.19. The molecule has 0 aliphatic carbocycles. The number of fused-ring (bicyclic) bond motifs is 5. The van der Waals surface area contributed by atoms with E-state index in [1.165, 1.54) is 0 Å². The molecule has 0 aliphatic rings. The Morgan fingerprint density at radius 3 is 1.96 bits per heavy atom. The van der Waals surface area contributed by atoms with Crippen molar-refractivity contribution in [2.75, 3.05) is 4.90 Å². The number of hydrogen-bond acceptors (Lipinski definition) is 2. The van der Waals surface area contributed by atoms with Gasteiger partial charge in [-0.1, -0.05) is 145 Å². The van der Waals surface area contributed by atoms with Gasteiger partial charge in [-0.25, -0.2) is 0 Å². The highest BCUT2D eigenvalue weighted by Gasteiger charge is 2.21. The number of benzene rings is 8. The van der Waals surface area contributed by atoms with Crippen LogP contribution in [0.5, 0.6) is 0 Å². The summed E-state index contributed by atoms with van der Waals surface area (Å²) in [5, 5.41) is 3.82. The van der Waals surface area contributed by atoms with E-state index in [1.807, 2.05) is 121 Å². The zero-order valence-electron chi connectivity index (χ0n) is 34.6. The molecule has 9 rings (SSSR count). The van der Waals surface area contributed by atoms with E-state index in [9.17, 15) is 5.48 Å². The lowest BCUT2D eigenvalue weighted by Crippen LogP contribution is -2.11. The van der Waals surface area contributed by atoms with Gasteiger partial charge in [0.05, 0.1) is 18.0 Å². The summed E-state index contributed by atoms with van der Waals surface area (Å²) >= 11 is 0. The molecular weight excluding hydrogens is 583 g/mol. The Balaban J connectivity index is 1.32. The van der Waals surface area contributed by atoms with Gasteiger partial charge in [0.15, 0.2) is 0 Å². The third-order valence-corrected chi connectivity index (χ3v) is 8.64. The van der Waals surface area contributed by atoms with Gasteiger partial charge < -0.3 is 9.32 Å². The molecule has 1 heterocycles. The molecule has 0 unspecified atom stereocenters. The van der Waals surface area contributed by atoms with Crippen molar-refractivity contribution in [2.24, 2.45) is 0 Å². The van der Waals surface area contributed by atoms with E-state index in [-0.39, 0.29) is 11.3 Å². The maximum absolute atomic E-state index is 9.48. The number of rotatable bonds is 6. The van der Waals surface area contributed by atoms with E-state index < -0.39 is 59.9 Å². The second kappa shape index (κ2) is 11.8. The summed E-state index contributed by atoms with van der Waals surface area (Å²) in [5.74, 6) is 0. The lowest BCUT2D eigenvalue weighted by molar-refractivity contribution is 0.673. The first kappa shape index (κ1) is 20.0. The highest BCUT2D eigenvalue weighted by Crippen LogP contribution is 2.46. The molecule has 9 aromatic rings. The first-order valence-corrected chi connectivity index (χ1v) is 15.6. The molecule has 0 saturated heterocycles. The van der Waals surface area contributed by atoms with Crippen LogP contribution >= 0.6 is 0 Å². The molecule has 1 aromatic heterocycles. The largest absolute Gasteiger partial charge is 0.455 e. The maximum Gasteiger partial charge on any atom is 0.143 e. The molecule has 226 valence electrons. The quantitative estimate of drug-likeness (QED) is 0.183. The van der Waals surface area contributed by atoms with Gasteiger partial charge in [0.2, 0.25) is 0 Å². The van der Waals surface area contributed by atoms with E-state index in [1.54, 1.807) is 4.90 Å². The molecule has 8 aromatic carbocycles. The van der Waals surface area contributed by atoms with Crippen molar-refractivity contribution in [3.63, 3.8) is 0 Å². The van der Waals surface area contributed by atoms with Crippen LogP contribution in [-0.4, -0.2) is 0 Å². The lowest BCUT2D eigenvalue weighted by Gasteiger charge is -2.28. The second-order valence-corrected chi connectivity index (χ2v) is 11.4. The van der Waals surface area contributed by atoms with Gasteiger partial charge in [0.25, 0.3) is 0 Å². The molecule has 0 radical (unpaired) electrons. The van der Waals surface area contributed by atoms with Crippen molar-refractivity contribution in [3.05, 3.63) is 188 Å². The molecule has 0 spiro atoms. The summed E-state index contributed by atoms with van der Waals surface area (Å²) < 4.78 is 85.8. The molecule has 0 aliphatic heterocycles. The summed E-state index contributed by atoms with van der Waals surface area (Å²) in [6.07, 6.45) is 0. The summed E-state index contributed by atoms with van der Waals surface area (Å²) in [6, 6.07) is 38.0. The monoisotopic (exact) mass is 622 g/mol. The van der Waals surface area contributed by atoms with Gasteiger partial charge >= 0.3 is 0 Å². The number of furan rings is 1. The van der Waals surface area contributed by atoms with Crippen molar-refractivity contribution in [3.8, 4) is 33.4 Å². The van der Waals surface area contributed by atoms with E-state index in [2.05, 4.69) is 12.1 Å². The average Bonchev–Trinajstić information content (AvgIpc) is 3.64. The molecule has 2 nitrogen and oxygen atoms in total. The van der Waals surface area contributed by atoms with Crippen LogP contribution in [-0.2, 0) is 0 Å². The third kappa shape index (κ3) is 4.83. The van der Waals surface area contributed by atoms with Crippen molar-refractivity contribution < 1.29 is 16.8 Å². The maximum atomic E-state index is 9.48. The third-order valence-electron chi connectivity index (χ3n) is 8.64. The van der Waals surface area contributed by atoms with Crippen LogP contribution in [0.15, 0.2) is 192 Å². The summed E-state index contributed by atoms with van der Waals surface area (Å²) in [5.41, 5.74) is 5.19. The van der Waals surface area contributed by atoms with Crippen LogP contribution in [0, 0.1) is 0 Å². The SMILES string of the molecule is [2H]c1c([2H])c([2H])c(-c2c([2H])c([2H])c(N(c3ccc(-c4ccccc4)cc3)c3ccccc3-c3cccc4oc5c6ccccc6ccc5c34)c([2H])c2[2H])c([2H])c1[2H]. The van der Waals surface area contributed by atoms with Gasteiger partial charge in [-0.05, 0) is 75.6 Å². The van der Waals surface area contributed by atoms with Crippen LogP contribution in [0.4, 0.5) is 17.1 Å². The molecular formula is C46H31NO. The minimum absolute atomic E-state index is 0.0729. The predicted octanol–water partition coefficient (Wildman–Crippen LogP) is 13.2. The molecule has 0 N–H and O–H groups in total. The van der Waals surface area contributed by atoms with Gasteiger partial charge in [-0.15, -0.1) is 0 Å². The normalized spacial score (nSPS) is 14.0. The Kier molecular flexibility index (Phi) is 4.90. The van der Waals surface area contributed by atoms with Crippen molar-refractivity contribution in [2.45, 2.75) is 0 Å². The van der Waals surface area contributed by atoms with Crippen LogP contribution < -0.4 is 4.90 Å². The van der Waals surface area contributed by atoms with Crippen LogP contribution in [0.1, 0.15) is 12.3 Å². The first-order chi connectivity index (χ1) is 27.6. The summed E-state index contributed by atoms with van der Waals surface area (Å²) in [7, 11) is 0. The van der Waals surface area contributed by atoms with Crippen LogP contribution in [0.3, 0.4) is 0 Å². The standard InChI is InChI=1S/C46H31NO/c1-3-12-32(13-4-1)34-22-27-37(28-23-34)47(38-29-24-35(25-30-38)33-14-5-2-6-15-33)43-20-10-9-18-40(43)41-19-11-21-44-45(41)42-31-26-36-16-7-8-17-39(36)46(42)48-44/h1-31H/i1D,3D,4D,12D,13D,22D,23D,27D,28D. The average molecular weight is 623 g/mol. The number of para-hydroxylation sites is 1. The van der Waals surface area contributed by atoms with E-state index in [0.29, 0.717) is 17.0 Å². The molecule has 0 saturated carbocycles. The zero-order chi connectivity index (χ0) is 39.7. The number of hydrogen-bond donors (Lipinski definition) is 0. The number of nitrogens with zero attached hydrogens (tertiary/aromatic N) is 1. The van der Waals surface area contributed by atoms with Gasteiger partial charge in [0.1, 0.15) is 11.2 Å². The van der Waals surface area contributed by atoms with E-state index >= 15 is 0 Å².